The Morgan fingerprint density at radius 1 is 0.824 bits per heavy atom. The first-order valence-electron chi connectivity index (χ1n) is 7.33. The first-order valence-corrected chi connectivity index (χ1v) is 7.33. The van der Waals surface area contributed by atoms with Crippen LogP contribution >= 0.6 is 0 Å². The number of hydrogen-bond donors (Lipinski definition) is 0. The van der Waals surface area contributed by atoms with Gasteiger partial charge in [0.05, 0.1) is 0 Å². The smallest absolute Gasteiger partial charge is 0.133 e. The molecule has 0 aromatic heterocycles. The van der Waals surface area contributed by atoms with Crippen LogP contribution in [0.25, 0.3) is 0 Å². The zero-order valence-electron chi connectivity index (χ0n) is 10.7. The van der Waals surface area contributed by atoms with Gasteiger partial charge in [-0.3, -0.25) is 14.6 Å². The van der Waals surface area contributed by atoms with Crippen LogP contribution in [-0.2, 0) is 4.79 Å². The summed E-state index contributed by atoms with van der Waals surface area (Å²) in [4.78, 5) is 16.6. The van der Waals surface area contributed by atoms with Gasteiger partial charge in [0.15, 0.2) is 0 Å². The van der Waals surface area contributed by atoms with Gasteiger partial charge in [0.1, 0.15) is 5.78 Å². The molecule has 3 nitrogen and oxygen atoms in total. The van der Waals surface area contributed by atoms with Crippen LogP contribution in [0, 0.1) is 0 Å². The predicted octanol–water partition coefficient (Wildman–Crippen LogP) is 1.67. The minimum atomic E-state index is 0.483. The van der Waals surface area contributed by atoms with Gasteiger partial charge in [-0.05, 0) is 45.2 Å². The summed E-state index contributed by atoms with van der Waals surface area (Å²) in [5, 5.41) is 0. The van der Waals surface area contributed by atoms with E-state index < -0.39 is 0 Å². The molecule has 2 saturated heterocycles. The third-order valence-electron chi connectivity index (χ3n) is 4.88. The third-order valence-corrected chi connectivity index (χ3v) is 4.88. The van der Waals surface area contributed by atoms with Crippen molar-refractivity contribution < 1.29 is 4.79 Å². The van der Waals surface area contributed by atoms with Crippen molar-refractivity contribution in [2.24, 2.45) is 0 Å². The summed E-state index contributed by atoms with van der Waals surface area (Å²) in [5.41, 5.74) is 0. The lowest BCUT2D eigenvalue weighted by Gasteiger charge is -2.31. The zero-order valence-corrected chi connectivity index (χ0v) is 10.7. The van der Waals surface area contributed by atoms with E-state index in [-0.39, 0.29) is 0 Å². The average Bonchev–Trinajstić information content (AvgIpc) is 3.00. The van der Waals surface area contributed by atoms with Gasteiger partial charge in [0, 0.05) is 38.0 Å². The highest BCUT2D eigenvalue weighted by Crippen LogP contribution is 2.27. The van der Waals surface area contributed by atoms with Crippen LogP contribution in [0.2, 0.25) is 0 Å². The molecule has 3 fully saturated rings. The van der Waals surface area contributed by atoms with Gasteiger partial charge in [-0.15, -0.1) is 0 Å². The largest absolute Gasteiger partial charge is 0.300 e. The summed E-state index contributed by atoms with van der Waals surface area (Å²) in [5.74, 6) is 0.483. The summed E-state index contributed by atoms with van der Waals surface area (Å²) in [6.45, 7) is 5.17. The average molecular weight is 236 g/mol. The molecule has 0 aromatic rings. The summed E-state index contributed by atoms with van der Waals surface area (Å²) in [6, 6.07) is 1.52. The Hall–Kier alpha value is -0.410. The lowest BCUT2D eigenvalue weighted by atomic mass is 9.93. The minimum Gasteiger partial charge on any atom is -0.300 e. The van der Waals surface area contributed by atoms with Crippen molar-refractivity contribution in [3.63, 3.8) is 0 Å². The van der Waals surface area contributed by atoms with Crippen LogP contribution in [0.5, 0.6) is 0 Å². The van der Waals surface area contributed by atoms with Gasteiger partial charge < -0.3 is 0 Å². The number of hydrogen-bond acceptors (Lipinski definition) is 3. The number of likely N-dealkylation sites (tertiary alicyclic amines) is 2. The molecule has 1 atom stereocenters. The lowest BCUT2D eigenvalue weighted by Crippen LogP contribution is -2.40. The molecule has 0 amide bonds. The Balaban J connectivity index is 1.51. The summed E-state index contributed by atoms with van der Waals surface area (Å²) >= 11 is 0. The van der Waals surface area contributed by atoms with E-state index in [9.17, 15) is 4.79 Å². The van der Waals surface area contributed by atoms with E-state index in [0.717, 1.165) is 31.7 Å². The van der Waals surface area contributed by atoms with Crippen LogP contribution in [-0.4, -0.2) is 53.8 Å². The van der Waals surface area contributed by atoms with Crippen LogP contribution in [0.4, 0.5) is 0 Å². The number of ketones is 1. The quantitative estimate of drug-likeness (QED) is 0.728. The lowest BCUT2D eigenvalue weighted by molar-refractivity contribution is -0.121. The highest BCUT2D eigenvalue weighted by atomic mass is 16.1. The number of rotatable bonds is 2. The Morgan fingerprint density at radius 2 is 1.53 bits per heavy atom. The Labute approximate surface area is 104 Å². The molecule has 2 aliphatic heterocycles. The van der Waals surface area contributed by atoms with Crippen LogP contribution < -0.4 is 0 Å². The molecule has 3 aliphatic rings. The van der Waals surface area contributed by atoms with Gasteiger partial charge in [-0.1, -0.05) is 0 Å². The van der Waals surface area contributed by atoms with Gasteiger partial charge in [-0.2, -0.15) is 0 Å². The fourth-order valence-corrected chi connectivity index (χ4v) is 3.79. The second kappa shape index (κ2) is 5.07. The molecule has 1 unspecified atom stereocenters. The Morgan fingerprint density at radius 3 is 2.24 bits per heavy atom. The van der Waals surface area contributed by atoms with E-state index in [1.54, 1.807) is 0 Å². The Bertz CT molecular complexity index is 276. The predicted molar refractivity (Wildman–Crippen MR) is 68.0 cm³/mol. The maximum absolute atomic E-state index is 11.3. The molecule has 3 rings (SSSR count). The van der Waals surface area contributed by atoms with Crippen molar-refractivity contribution in [2.45, 2.75) is 57.0 Å². The fourth-order valence-electron chi connectivity index (χ4n) is 3.79. The normalized spacial score (nSPS) is 33.6. The molecule has 17 heavy (non-hydrogen) atoms. The van der Waals surface area contributed by atoms with Crippen LogP contribution in [0.15, 0.2) is 0 Å². The number of Topliss-reactive ketones (excluding diaryl/α,β-unsaturated/α-hetero) is 1. The van der Waals surface area contributed by atoms with E-state index in [2.05, 4.69) is 9.80 Å². The Kier molecular flexibility index (Phi) is 3.48. The monoisotopic (exact) mass is 236 g/mol. The first kappa shape index (κ1) is 11.7. The molecule has 1 aliphatic carbocycles. The molecular formula is C14H24N2O. The first-order chi connectivity index (χ1) is 8.33. The molecule has 0 radical (unpaired) electrons. The van der Waals surface area contributed by atoms with Crippen molar-refractivity contribution in [1.82, 2.24) is 9.80 Å². The van der Waals surface area contributed by atoms with Crippen LogP contribution in [0.3, 0.4) is 0 Å². The maximum atomic E-state index is 11.3. The highest BCUT2D eigenvalue weighted by molar-refractivity contribution is 5.79. The second-order valence-corrected chi connectivity index (χ2v) is 5.95. The van der Waals surface area contributed by atoms with E-state index in [0.29, 0.717) is 11.8 Å². The minimum absolute atomic E-state index is 0.483. The molecule has 1 saturated carbocycles. The van der Waals surface area contributed by atoms with Crippen molar-refractivity contribution in [3.8, 4) is 0 Å². The number of carbonyl (C=O) groups is 1. The van der Waals surface area contributed by atoms with E-state index in [1.165, 1.54) is 45.4 Å². The topological polar surface area (TPSA) is 23.6 Å². The van der Waals surface area contributed by atoms with E-state index in [4.69, 9.17) is 0 Å². The van der Waals surface area contributed by atoms with E-state index >= 15 is 0 Å². The van der Waals surface area contributed by atoms with Gasteiger partial charge in [-0.25, -0.2) is 0 Å². The fraction of sp³-hybridized carbons (Fsp3) is 0.929. The molecule has 0 aromatic carbocycles. The van der Waals surface area contributed by atoms with Crippen LogP contribution in [0.1, 0.15) is 44.9 Å². The maximum Gasteiger partial charge on any atom is 0.133 e. The molecule has 0 bridgehead atoms. The molecular weight excluding hydrogens is 212 g/mol. The third kappa shape index (κ3) is 2.55. The molecule has 3 heteroatoms. The summed E-state index contributed by atoms with van der Waals surface area (Å²) < 4.78 is 0. The number of nitrogens with zero attached hydrogens (tertiary/aromatic N) is 2. The molecule has 0 spiro atoms. The zero-order chi connectivity index (χ0) is 11.7. The number of carbonyl (C=O) groups excluding carboxylic acids is 1. The molecule has 0 N–H and O–H groups in total. The van der Waals surface area contributed by atoms with Crippen molar-refractivity contribution in [3.05, 3.63) is 0 Å². The van der Waals surface area contributed by atoms with E-state index in [1.807, 2.05) is 0 Å². The van der Waals surface area contributed by atoms with Crippen molar-refractivity contribution in [1.29, 1.82) is 0 Å². The van der Waals surface area contributed by atoms with Gasteiger partial charge in [0.2, 0.25) is 0 Å². The summed E-state index contributed by atoms with van der Waals surface area (Å²) in [7, 11) is 0. The van der Waals surface area contributed by atoms with Gasteiger partial charge in [0.25, 0.3) is 0 Å². The van der Waals surface area contributed by atoms with Crippen molar-refractivity contribution >= 4 is 5.78 Å². The van der Waals surface area contributed by atoms with Gasteiger partial charge >= 0.3 is 0 Å². The standard InChI is InChI=1S/C14H24N2O/c17-14-5-3-12(4-6-14)16-10-7-13(11-16)15-8-1-2-9-15/h12-13H,1-11H2. The molecule has 96 valence electrons. The SMILES string of the molecule is O=C1CCC(N2CCC(N3CCCC3)C2)CC1. The molecule has 2 heterocycles. The van der Waals surface area contributed by atoms with Crippen molar-refractivity contribution in [2.75, 3.05) is 26.2 Å². The second-order valence-electron chi connectivity index (χ2n) is 5.95. The summed E-state index contributed by atoms with van der Waals surface area (Å²) in [6.07, 6.45) is 8.04. The highest BCUT2D eigenvalue weighted by Gasteiger charge is 2.33.